The number of carbonyl (C=O) groups is 1. The minimum absolute atomic E-state index is 0.156. The van der Waals surface area contributed by atoms with Gasteiger partial charge in [0, 0.05) is 0 Å². The molecule has 0 aromatic heterocycles. The van der Waals surface area contributed by atoms with Gasteiger partial charge in [0.1, 0.15) is 0 Å². The van der Waals surface area contributed by atoms with E-state index in [0.29, 0.717) is 13.0 Å². The van der Waals surface area contributed by atoms with Crippen molar-refractivity contribution in [3.05, 3.63) is 35.4 Å². The number of rotatable bonds is 7. The van der Waals surface area contributed by atoms with Gasteiger partial charge in [0.15, 0.2) is 0 Å². The largest absolute Gasteiger partial charge is 0.466 e. The van der Waals surface area contributed by atoms with Crippen molar-refractivity contribution < 1.29 is 9.53 Å². The lowest BCUT2D eigenvalue weighted by molar-refractivity contribution is -0.144. The van der Waals surface area contributed by atoms with Crippen molar-refractivity contribution in [2.75, 3.05) is 13.2 Å². The van der Waals surface area contributed by atoms with E-state index < -0.39 is 0 Å². The molecule has 3 nitrogen and oxygen atoms in total. The van der Waals surface area contributed by atoms with Gasteiger partial charge >= 0.3 is 5.97 Å². The lowest BCUT2D eigenvalue weighted by Crippen LogP contribution is -2.42. The number of hydrogen-bond donors (Lipinski definition) is 1. The van der Waals surface area contributed by atoms with E-state index in [1.54, 1.807) is 0 Å². The Morgan fingerprint density at radius 3 is 2.58 bits per heavy atom. The van der Waals surface area contributed by atoms with E-state index in [0.717, 1.165) is 18.5 Å². The van der Waals surface area contributed by atoms with E-state index >= 15 is 0 Å². The van der Waals surface area contributed by atoms with Crippen LogP contribution in [-0.4, -0.2) is 19.1 Å². The van der Waals surface area contributed by atoms with Crippen molar-refractivity contribution in [1.82, 2.24) is 5.32 Å². The van der Waals surface area contributed by atoms with Crippen molar-refractivity contribution >= 4 is 5.97 Å². The van der Waals surface area contributed by atoms with Crippen molar-refractivity contribution in [3.8, 4) is 0 Å². The predicted octanol–water partition coefficient (Wildman–Crippen LogP) is 3.16. The molecule has 0 heterocycles. The van der Waals surface area contributed by atoms with Gasteiger partial charge in [-0.3, -0.25) is 4.79 Å². The summed E-state index contributed by atoms with van der Waals surface area (Å²) < 4.78 is 5.10. The van der Waals surface area contributed by atoms with Crippen molar-refractivity contribution in [3.63, 3.8) is 0 Å². The highest BCUT2D eigenvalue weighted by Gasteiger charge is 2.30. The Balaban J connectivity index is 2.98. The number of nitrogens with one attached hydrogen (secondary N) is 1. The van der Waals surface area contributed by atoms with E-state index in [1.807, 2.05) is 19.1 Å². The molecule has 0 bridgehead atoms. The summed E-state index contributed by atoms with van der Waals surface area (Å²) in [5, 5.41) is 3.49. The van der Waals surface area contributed by atoms with Gasteiger partial charge in [-0.25, -0.2) is 0 Å². The van der Waals surface area contributed by atoms with Crippen molar-refractivity contribution in [1.29, 1.82) is 0 Å². The lowest BCUT2D eigenvalue weighted by Gasteiger charge is -2.32. The third-order valence-electron chi connectivity index (χ3n) is 3.31. The van der Waals surface area contributed by atoms with Crippen LogP contribution in [0, 0.1) is 6.92 Å². The highest BCUT2D eigenvalue weighted by Crippen LogP contribution is 2.28. The summed E-state index contributed by atoms with van der Waals surface area (Å²) in [7, 11) is 0. The van der Waals surface area contributed by atoms with Crippen LogP contribution in [0.15, 0.2) is 24.3 Å². The van der Waals surface area contributed by atoms with Gasteiger partial charge in [-0.05, 0) is 44.9 Å². The van der Waals surface area contributed by atoms with Gasteiger partial charge in [-0.15, -0.1) is 0 Å². The highest BCUT2D eigenvalue weighted by atomic mass is 16.5. The van der Waals surface area contributed by atoms with Gasteiger partial charge in [0.05, 0.1) is 18.6 Å². The molecule has 0 saturated carbocycles. The van der Waals surface area contributed by atoms with Crippen molar-refractivity contribution in [2.45, 2.75) is 46.1 Å². The van der Waals surface area contributed by atoms with Crippen LogP contribution in [0.2, 0.25) is 0 Å². The molecule has 0 amide bonds. The SMILES string of the molecule is CCCNC(C)(CC(=O)OCC)c1ccccc1C. The molecule has 1 N–H and O–H groups in total. The molecule has 0 radical (unpaired) electrons. The summed E-state index contributed by atoms with van der Waals surface area (Å²) in [6.07, 6.45) is 1.38. The van der Waals surface area contributed by atoms with Crippen LogP contribution in [0.1, 0.15) is 44.7 Å². The molecule has 1 aromatic rings. The molecule has 106 valence electrons. The average Bonchev–Trinajstić information content (AvgIpc) is 2.37. The maximum absolute atomic E-state index is 11.8. The monoisotopic (exact) mass is 263 g/mol. The Labute approximate surface area is 116 Å². The van der Waals surface area contributed by atoms with Crippen molar-refractivity contribution in [2.24, 2.45) is 0 Å². The smallest absolute Gasteiger partial charge is 0.307 e. The molecular formula is C16H25NO2. The molecule has 1 rings (SSSR count). The number of benzene rings is 1. The highest BCUT2D eigenvalue weighted by molar-refractivity contribution is 5.71. The van der Waals surface area contributed by atoms with Crippen LogP contribution in [0.4, 0.5) is 0 Å². The van der Waals surface area contributed by atoms with Crippen LogP contribution >= 0.6 is 0 Å². The van der Waals surface area contributed by atoms with E-state index in [-0.39, 0.29) is 11.5 Å². The zero-order valence-corrected chi connectivity index (χ0v) is 12.5. The van der Waals surface area contributed by atoms with E-state index in [4.69, 9.17) is 4.74 Å². The third-order valence-corrected chi connectivity index (χ3v) is 3.31. The minimum Gasteiger partial charge on any atom is -0.466 e. The van der Waals surface area contributed by atoms with Gasteiger partial charge in [0.25, 0.3) is 0 Å². The second-order valence-electron chi connectivity index (χ2n) is 5.06. The Hall–Kier alpha value is -1.35. The molecule has 1 unspecified atom stereocenters. The second kappa shape index (κ2) is 7.29. The quantitative estimate of drug-likeness (QED) is 0.768. The van der Waals surface area contributed by atoms with Gasteiger partial charge in [-0.1, -0.05) is 31.2 Å². The average molecular weight is 263 g/mol. The standard InChI is InChI=1S/C16H25NO2/c1-5-11-17-16(4,12-15(18)19-6-2)14-10-8-7-9-13(14)3/h7-10,17H,5-6,11-12H2,1-4H3. The fourth-order valence-electron chi connectivity index (χ4n) is 2.35. The summed E-state index contributed by atoms with van der Waals surface area (Å²) in [6, 6.07) is 8.19. The zero-order valence-electron chi connectivity index (χ0n) is 12.5. The first-order chi connectivity index (χ1) is 9.03. The van der Waals surface area contributed by atoms with Crippen LogP contribution in [0.5, 0.6) is 0 Å². The molecule has 0 spiro atoms. The Morgan fingerprint density at radius 2 is 2.00 bits per heavy atom. The lowest BCUT2D eigenvalue weighted by atomic mass is 9.85. The van der Waals surface area contributed by atoms with E-state index in [9.17, 15) is 4.79 Å². The molecule has 0 aliphatic carbocycles. The third kappa shape index (κ3) is 4.35. The molecule has 0 aliphatic rings. The second-order valence-corrected chi connectivity index (χ2v) is 5.06. The number of hydrogen-bond acceptors (Lipinski definition) is 3. The summed E-state index contributed by atoms with van der Waals surface area (Å²) in [6.45, 7) is 9.41. The first kappa shape index (κ1) is 15.7. The van der Waals surface area contributed by atoms with Crippen LogP contribution in [0.3, 0.4) is 0 Å². The molecule has 1 aromatic carbocycles. The maximum atomic E-state index is 11.8. The van der Waals surface area contributed by atoms with Crippen LogP contribution < -0.4 is 5.32 Å². The van der Waals surface area contributed by atoms with Gasteiger partial charge in [0.2, 0.25) is 0 Å². The topological polar surface area (TPSA) is 38.3 Å². The zero-order chi connectivity index (χ0) is 14.3. The molecule has 0 fully saturated rings. The summed E-state index contributed by atoms with van der Waals surface area (Å²) >= 11 is 0. The fourth-order valence-corrected chi connectivity index (χ4v) is 2.35. The number of ether oxygens (including phenoxy) is 1. The Kier molecular flexibility index (Phi) is 6.03. The molecule has 19 heavy (non-hydrogen) atoms. The predicted molar refractivity (Wildman–Crippen MR) is 78.1 cm³/mol. The van der Waals surface area contributed by atoms with Crippen LogP contribution in [-0.2, 0) is 15.1 Å². The van der Waals surface area contributed by atoms with Gasteiger partial charge in [-0.2, -0.15) is 0 Å². The molecular weight excluding hydrogens is 238 g/mol. The molecule has 3 heteroatoms. The summed E-state index contributed by atoms with van der Waals surface area (Å²) in [4.78, 5) is 11.8. The fraction of sp³-hybridized carbons (Fsp3) is 0.562. The summed E-state index contributed by atoms with van der Waals surface area (Å²) in [5.74, 6) is -0.156. The number of esters is 1. The van der Waals surface area contributed by atoms with E-state index in [1.165, 1.54) is 5.56 Å². The van der Waals surface area contributed by atoms with Crippen LogP contribution in [0.25, 0.3) is 0 Å². The summed E-state index contributed by atoms with van der Waals surface area (Å²) in [5.41, 5.74) is 1.99. The maximum Gasteiger partial charge on any atom is 0.307 e. The first-order valence-corrected chi connectivity index (χ1v) is 7.00. The number of carbonyl (C=O) groups excluding carboxylic acids is 1. The van der Waals surface area contributed by atoms with E-state index in [2.05, 4.69) is 38.2 Å². The number of aryl methyl sites for hydroxylation is 1. The Morgan fingerprint density at radius 1 is 1.32 bits per heavy atom. The minimum atomic E-state index is -0.367. The first-order valence-electron chi connectivity index (χ1n) is 7.00. The van der Waals surface area contributed by atoms with Gasteiger partial charge < -0.3 is 10.1 Å². The Bertz CT molecular complexity index is 417. The molecule has 0 saturated heterocycles. The normalized spacial score (nSPS) is 13.9. The molecule has 1 atom stereocenters. The molecule has 0 aliphatic heterocycles.